The summed E-state index contributed by atoms with van der Waals surface area (Å²) in [6.45, 7) is -1.07. The van der Waals surface area contributed by atoms with Gasteiger partial charge in [-0.15, -0.1) is 0 Å². The summed E-state index contributed by atoms with van der Waals surface area (Å²) in [5, 5.41) is 40.1. The SMILES string of the molecule is O=c1[nH]c(NC[C@H](O)[C@@H](O)[C@H](O)CO)c(CCCCCP(=O)(O)O)c(=O)[nH]1. The molecule has 9 N–H and O–H groups in total. The number of aromatic nitrogens is 2. The van der Waals surface area contributed by atoms with Gasteiger partial charge in [-0.2, -0.15) is 0 Å². The molecule has 12 nitrogen and oxygen atoms in total. The summed E-state index contributed by atoms with van der Waals surface area (Å²) in [4.78, 5) is 45.5. The molecule has 1 aromatic heterocycles. The highest BCUT2D eigenvalue weighted by Crippen LogP contribution is 2.35. The average Bonchev–Trinajstić information content (AvgIpc) is 2.58. The van der Waals surface area contributed by atoms with E-state index >= 15 is 0 Å². The molecule has 0 bridgehead atoms. The summed E-state index contributed by atoms with van der Waals surface area (Å²) in [6, 6.07) is 0. The lowest BCUT2D eigenvalue weighted by molar-refractivity contribution is -0.0715. The third-order valence-corrected chi connectivity index (χ3v) is 4.78. The molecule has 0 aliphatic rings. The van der Waals surface area contributed by atoms with Crippen molar-refractivity contribution in [3.8, 4) is 0 Å². The summed E-state index contributed by atoms with van der Waals surface area (Å²) in [5.74, 6) is 0.0310. The largest absolute Gasteiger partial charge is 0.394 e. The minimum absolute atomic E-state index is 0.0310. The summed E-state index contributed by atoms with van der Waals surface area (Å²) in [6.07, 6.45) is -3.55. The monoisotopic (exact) mass is 411 g/mol. The Labute approximate surface area is 154 Å². The number of rotatable bonds is 12. The lowest BCUT2D eigenvalue weighted by Crippen LogP contribution is -2.43. The van der Waals surface area contributed by atoms with Crippen molar-refractivity contribution in [1.82, 2.24) is 9.97 Å². The van der Waals surface area contributed by atoms with E-state index in [9.17, 15) is 29.5 Å². The van der Waals surface area contributed by atoms with Gasteiger partial charge in [-0.25, -0.2) is 4.79 Å². The van der Waals surface area contributed by atoms with Crippen LogP contribution in [0, 0.1) is 0 Å². The Hall–Kier alpha value is -1.53. The zero-order chi connectivity index (χ0) is 20.6. The number of aromatic amines is 2. The molecule has 1 aromatic rings. The highest BCUT2D eigenvalue weighted by atomic mass is 31.2. The van der Waals surface area contributed by atoms with Crippen LogP contribution in [-0.4, -0.2) is 77.8 Å². The van der Waals surface area contributed by atoms with Crippen LogP contribution < -0.4 is 16.6 Å². The second-order valence-electron chi connectivity index (χ2n) is 6.15. The van der Waals surface area contributed by atoms with Crippen LogP contribution >= 0.6 is 7.60 Å². The van der Waals surface area contributed by atoms with Gasteiger partial charge in [0, 0.05) is 12.7 Å². The molecule has 3 atom stereocenters. The van der Waals surface area contributed by atoms with Gasteiger partial charge >= 0.3 is 13.3 Å². The van der Waals surface area contributed by atoms with Crippen molar-refractivity contribution in [2.75, 3.05) is 24.6 Å². The van der Waals surface area contributed by atoms with Crippen LogP contribution in [0.15, 0.2) is 9.59 Å². The Morgan fingerprint density at radius 3 is 2.26 bits per heavy atom. The zero-order valence-electron chi connectivity index (χ0n) is 14.5. The van der Waals surface area contributed by atoms with Gasteiger partial charge in [0.05, 0.1) is 18.3 Å². The van der Waals surface area contributed by atoms with E-state index in [4.69, 9.17) is 14.9 Å². The maximum Gasteiger partial charge on any atom is 0.327 e. The van der Waals surface area contributed by atoms with E-state index in [0.29, 0.717) is 12.8 Å². The highest BCUT2D eigenvalue weighted by Gasteiger charge is 2.24. The third-order valence-electron chi connectivity index (χ3n) is 3.88. The fourth-order valence-electron chi connectivity index (χ4n) is 2.39. The van der Waals surface area contributed by atoms with Crippen molar-refractivity contribution < 1.29 is 34.8 Å². The summed E-state index contributed by atoms with van der Waals surface area (Å²) in [7, 11) is -4.06. The number of nitrogens with one attached hydrogen (secondary N) is 3. The lowest BCUT2D eigenvalue weighted by atomic mass is 10.1. The number of hydrogen-bond donors (Lipinski definition) is 9. The van der Waals surface area contributed by atoms with Crippen LogP contribution in [0.1, 0.15) is 24.8 Å². The van der Waals surface area contributed by atoms with E-state index in [2.05, 4.69) is 15.3 Å². The molecule has 1 heterocycles. The maximum absolute atomic E-state index is 12.0. The van der Waals surface area contributed by atoms with Crippen LogP contribution in [0.5, 0.6) is 0 Å². The van der Waals surface area contributed by atoms with E-state index < -0.39 is 43.8 Å². The first-order valence-corrected chi connectivity index (χ1v) is 10.1. The molecule has 0 spiro atoms. The van der Waals surface area contributed by atoms with E-state index in [1.54, 1.807) is 0 Å². The Morgan fingerprint density at radius 1 is 1.00 bits per heavy atom. The molecule has 0 aliphatic carbocycles. The zero-order valence-corrected chi connectivity index (χ0v) is 15.4. The van der Waals surface area contributed by atoms with Crippen LogP contribution in [0.2, 0.25) is 0 Å². The number of hydrogen-bond acceptors (Lipinski definition) is 8. The minimum Gasteiger partial charge on any atom is -0.394 e. The van der Waals surface area contributed by atoms with Gasteiger partial charge in [-0.05, 0) is 19.3 Å². The van der Waals surface area contributed by atoms with Gasteiger partial charge in [0.25, 0.3) is 5.56 Å². The molecule has 156 valence electrons. The number of anilines is 1. The van der Waals surface area contributed by atoms with Gasteiger partial charge in [0.15, 0.2) is 0 Å². The van der Waals surface area contributed by atoms with Crippen LogP contribution in [0.3, 0.4) is 0 Å². The normalized spacial score (nSPS) is 15.3. The summed E-state index contributed by atoms with van der Waals surface area (Å²) in [5.41, 5.74) is -1.25. The number of aliphatic hydroxyl groups excluding tert-OH is 4. The number of unbranched alkanes of at least 4 members (excludes halogenated alkanes) is 2. The van der Waals surface area contributed by atoms with Crippen molar-refractivity contribution in [3.63, 3.8) is 0 Å². The van der Waals surface area contributed by atoms with E-state index in [-0.39, 0.29) is 36.9 Å². The van der Waals surface area contributed by atoms with Gasteiger partial charge in [0.2, 0.25) is 0 Å². The number of H-pyrrole nitrogens is 2. The maximum atomic E-state index is 12.0. The number of aliphatic hydroxyl groups is 4. The molecule has 0 saturated heterocycles. The van der Waals surface area contributed by atoms with Crippen LogP contribution in [-0.2, 0) is 11.0 Å². The Balaban J connectivity index is 2.72. The molecular weight excluding hydrogens is 385 g/mol. The predicted octanol–water partition coefficient (Wildman–Crippen LogP) is -2.56. The molecule has 0 unspecified atom stereocenters. The summed E-state index contributed by atoms with van der Waals surface area (Å²) >= 11 is 0. The summed E-state index contributed by atoms with van der Waals surface area (Å²) < 4.78 is 10.8. The fraction of sp³-hybridized carbons (Fsp3) is 0.714. The van der Waals surface area contributed by atoms with Crippen molar-refractivity contribution in [3.05, 3.63) is 26.4 Å². The van der Waals surface area contributed by atoms with Crippen LogP contribution in [0.25, 0.3) is 0 Å². The standard InChI is InChI=1S/C14H26N3O9P/c18-7-10(20)11(21)9(19)6-15-12-8(13(22)17-14(23)16-12)4-2-1-3-5-27(24,25)26/h9-11,18-21H,1-7H2,(H2,24,25,26)(H3,15,16,17,22,23)/t9-,10+,11+/m0/s1. The molecule has 1 rings (SSSR count). The highest BCUT2D eigenvalue weighted by molar-refractivity contribution is 7.51. The first kappa shape index (κ1) is 23.5. The van der Waals surface area contributed by atoms with Crippen molar-refractivity contribution >= 4 is 13.4 Å². The van der Waals surface area contributed by atoms with Crippen LogP contribution in [0.4, 0.5) is 5.82 Å². The third kappa shape index (κ3) is 8.35. The second-order valence-corrected chi connectivity index (χ2v) is 7.93. The van der Waals surface area contributed by atoms with E-state index in [0.717, 1.165) is 0 Å². The van der Waals surface area contributed by atoms with E-state index in [1.165, 1.54) is 0 Å². The molecular formula is C14H26N3O9P. The first-order valence-electron chi connectivity index (χ1n) is 8.34. The molecule has 0 amide bonds. The minimum atomic E-state index is -4.06. The predicted molar refractivity (Wildman–Crippen MR) is 95.7 cm³/mol. The van der Waals surface area contributed by atoms with Gasteiger partial charge in [0.1, 0.15) is 18.0 Å². The average molecular weight is 411 g/mol. The van der Waals surface area contributed by atoms with Gasteiger partial charge in [-0.3, -0.25) is 19.3 Å². The molecule has 0 aromatic carbocycles. The van der Waals surface area contributed by atoms with Crippen molar-refractivity contribution in [2.24, 2.45) is 0 Å². The fourth-order valence-corrected chi connectivity index (χ4v) is 3.03. The molecule has 27 heavy (non-hydrogen) atoms. The molecule has 0 saturated carbocycles. The Bertz CT molecular complexity index is 744. The quantitative estimate of drug-likeness (QED) is 0.129. The molecule has 0 radical (unpaired) electrons. The second kappa shape index (κ2) is 10.7. The lowest BCUT2D eigenvalue weighted by Gasteiger charge is -2.22. The molecule has 13 heteroatoms. The van der Waals surface area contributed by atoms with Crippen molar-refractivity contribution in [2.45, 2.75) is 44.0 Å². The van der Waals surface area contributed by atoms with E-state index in [1.807, 2.05) is 0 Å². The first-order chi connectivity index (χ1) is 12.5. The molecule has 0 fully saturated rings. The smallest absolute Gasteiger partial charge is 0.327 e. The Morgan fingerprint density at radius 2 is 1.67 bits per heavy atom. The van der Waals surface area contributed by atoms with Gasteiger partial charge in [-0.1, -0.05) is 6.42 Å². The van der Waals surface area contributed by atoms with Gasteiger partial charge < -0.3 is 35.5 Å². The topological polar surface area (TPSA) is 216 Å². The van der Waals surface area contributed by atoms with Crippen molar-refractivity contribution in [1.29, 1.82) is 0 Å². The molecule has 0 aliphatic heterocycles. The Kier molecular flexibility index (Phi) is 9.33.